The SMILES string of the molecule is COCc1ccccc1CCC(C)/C=C/C=C(\C)[C@H]1OC(=O)C[C@H](C)CC[C@@](C)(O)[C@@H](OC(C)=O)/C=C/[C@@H]1C. The van der Waals surface area contributed by atoms with Crippen LogP contribution in [0.1, 0.15) is 78.4 Å². The Morgan fingerprint density at radius 1 is 1.21 bits per heavy atom. The summed E-state index contributed by atoms with van der Waals surface area (Å²) in [7, 11) is 1.72. The maximum Gasteiger partial charge on any atom is 0.306 e. The number of hydrogen-bond donors (Lipinski definition) is 1. The number of aryl methyl sites for hydroxylation is 1. The van der Waals surface area contributed by atoms with E-state index >= 15 is 0 Å². The Balaban J connectivity index is 2.16. The molecule has 1 N–H and O–H groups in total. The molecule has 2 rings (SSSR count). The highest BCUT2D eigenvalue weighted by atomic mass is 16.6. The monoisotopic (exact) mass is 540 g/mol. The Hall–Kier alpha value is -2.70. The zero-order chi connectivity index (χ0) is 29.0. The Kier molecular flexibility index (Phi) is 13.2. The number of methoxy groups -OCH3 is 1. The first-order chi connectivity index (χ1) is 18.4. The van der Waals surface area contributed by atoms with Crippen LogP contribution >= 0.6 is 0 Å². The molecule has 1 aliphatic heterocycles. The van der Waals surface area contributed by atoms with E-state index < -0.39 is 23.8 Å². The Bertz CT molecular complexity index is 1020. The van der Waals surface area contributed by atoms with Crippen molar-refractivity contribution >= 4 is 11.9 Å². The van der Waals surface area contributed by atoms with Crippen molar-refractivity contribution in [2.24, 2.45) is 17.8 Å². The molecule has 0 amide bonds. The minimum atomic E-state index is -1.23. The number of carbonyl (C=O) groups excluding carboxylic acids is 2. The van der Waals surface area contributed by atoms with Gasteiger partial charge in [0.2, 0.25) is 0 Å². The fourth-order valence-electron chi connectivity index (χ4n) is 4.87. The first-order valence-electron chi connectivity index (χ1n) is 14.1. The largest absolute Gasteiger partial charge is 0.457 e. The van der Waals surface area contributed by atoms with E-state index in [4.69, 9.17) is 14.2 Å². The molecule has 0 saturated carbocycles. The summed E-state index contributed by atoms with van der Waals surface area (Å²) in [4.78, 5) is 24.5. The second kappa shape index (κ2) is 15.8. The lowest BCUT2D eigenvalue weighted by molar-refractivity contribution is -0.156. The van der Waals surface area contributed by atoms with Gasteiger partial charge in [-0.05, 0) is 74.1 Å². The molecule has 1 aromatic carbocycles. The van der Waals surface area contributed by atoms with E-state index in [1.807, 2.05) is 45.1 Å². The number of hydrogen-bond acceptors (Lipinski definition) is 6. The average Bonchev–Trinajstić information content (AvgIpc) is 2.87. The number of ether oxygens (including phenoxy) is 3. The van der Waals surface area contributed by atoms with E-state index in [0.717, 1.165) is 18.4 Å². The standard InChI is InChI=1S/C33H48O6/c1-23(15-17-28-13-8-9-14-29(28)22-37-7)11-10-12-25(3)32-26(4)16-18-30(38-27(5)34)33(6,36)20-19-24(2)21-31(35)39-32/h8-14,16,18,23-24,26,30,32,36H,15,17,19-22H2,1-7H3/b11-10+,18-16+,25-12+/t23?,24-,26+,30+,32-,33-/m1/s1. The van der Waals surface area contributed by atoms with Crippen molar-refractivity contribution in [3.63, 3.8) is 0 Å². The molecule has 39 heavy (non-hydrogen) atoms. The molecule has 1 aromatic rings. The van der Waals surface area contributed by atoms with Gasteiger partial charge in [-0.3, -0.25) is 9.59 Å². The van der Waals surface area contributed by atoms with Crippen LogP contribution in [0.5, 0.6) is 0 Å². The Morgan fingerprint density at radius 3 is 2.56 bits per heavy atom. The van der Waals surface area contributed by atoms with E-state index in [1.165, 1.54) is 18.1 Å². The van der Waals surface area contributed by atoms with Crippen LogP contribution in [0.25, 0.3) is 0 Å². The van der Waals surface area contributed by atoms with Crippen molar-refractivity contribution in [1.82, 2.24) is 0 Å². The molecule has 0 saturated heterocycles. The number of rotatable bonds is 9. The van der Waals surface area contributed by atoms with Crippen molar-refractivity contribution in [3.8, 4) is 0 Å². The van der Waals surface area contributed by atoms with E-state index in [2.05, 4.69) is 31.2 Å². The zero-order valence-electron chi connectivity index (χ0n) is 24.8. The average molecular weight is 541 g/mol. The van der Waals surface area contributed by atoms with Crippen molar-refractivity contribution < 1.29 is 28.9 Å². The van der Waals surface area contributed by atoms with Gasteiger partial charge >= 0.3 is 11.9 Å². The summed E-state index contributed by atoms with van der Waals surface area (Å²) in [5.74, 6) is -0.479. The van der Waals surface area contributed by atoms with Gasteiger partial charge in [-0.25, -0.2) is 0 Å². The quantitative estimate of drug-likeness (QED) is 0.218. The van der Waals surface area contributed by atoms with Crippen molar-refractivity contribution in [2.45, 2.75) is 98.1 Å². The number of cyclic esters (lactones) is 1. The smallest absolute Gasteiger partial charge is 0.306 e. The van der Waals surface area contributed by atoms with Crippen LogP contribution in [-0.2, 0) is 36.8 Å². The number of esters is 2. The molecule has 0 fully saturated rings. The van der Waals surface area contributed by atoms with Gasteiger partial charge in [-0.2, -0.15) is 0 Å². The molecule has 0 aliphatic carbocycles. The first-order valence-corrected chi connectivity index (χ1v) is 14.1. The van der Waals surface area contributed by atoms with Crippen LogP contribution in [0.15, 0.2) is 60.2 Å². The summed E-state index contributed by atoms with van der Waals surface area (Å²) in [5, 5.41) is 11.1. The van der Waals surface area contributed by atoms with Crippen LogP contribution in [0, 0.1) is 17.8 Å². The number of aliphatic hydroxyl groups is 1. The van der Waals surface area contributed by atoms with Gasteiger partial charge < -0.3 is 19.3 Å². The van der Waals surface area contributed by atoms with Gasteiger partial charge in [0.25, 0.3) is 0 Å². The normalized spacial score (nSPS) is 28.7. The lowest BCUT2D eigenvalue weighted by Gasteiger charge is -2.32. The van der Waals surface area contributed by atoms with E-state index in [1.54, 1.807) is 20.1 Å². The maximum absolute atomic E-state index is 12.8. The maximum atomic E-state index is 12.8. The second-order valence-electron chi connectivity index (χ2n) is 11.4. The minimum Gasteiger partial charge on any atom is -0.457 e. The fourth-order valence-corrected chi connectivity index (χ4v) is 4.87. The molecular formula is C33H48O6. The zero-order valence-corrected chi connectivity index (χ0v) is 24.8. The molecule has 1 unspecified atom stereocenters. The second-order valence-corrected chi connectivity index (χ2v) is 11.4. The van der Waals surface area contributed by atoms with Crippen molar-refractivity contribution in [1.29, 1.82) is 0 Å². The lowest BCUT2D eigenvalue weighted by Crippen LogP contribution is -2.41. The van der Waals surface area contributed by atoms with E-state index in [-0.39, 0.29) is 24.2 Å². The van der Waals surface area contributed by atoms with Crippen LogP contribution in [0.3, 0.4) is 0 Å². The molecule has 6 atom stereocenters. The molecule has 0 bridgehead atoms. The third kappa shape index (κ3) is 11.1. The predicted octanol–water partition coefficient (Wildman–Crippen LogP) is 6.51. The summed E-state index contributed by atoms with van der Waals surface area (Å²) >= 11 is 0. The third-order valence-corrected chi connectivity index (χ3v) is 7.42. The van der Waals surface area contributed by atoms with Gasteiger partial charge in [-0.1, -0.05) is 69.3 Å². The highest BCUT2D eigenvalue weighted by molar-refractivity contribution is 5.70. The summed E-state index contributed by atoms with van der Waals surface area (Å²) < 4.78 is 16.7. The molecule has 0 spiro atoms. The van der Waals surface area contributed by atoms with Crippen molar-refractivity contribution in [2.75, 3.05) is 7.11 Å². The first kappa shape index (κ1) is 32.5. The highest BCUT2D eigenvalue weighted by Gasteiger charge is 2.34. The molecular weight excluding hydrogens is 492 g/mol. The lowest BCUT2D eigenvalue weighted by atomic mass is 9.87. The molecule has 1 aliphatic rings. The third-order valence-electron chi connectivity index (χ3n) is 7.42. The van der Waals surface area contributed by atoms with E-state index in [9.17, 15) is 14.7 Å². The Morgan fingerprint density at radius 2 is 1.90 bits per heavy atom. The molecule has 1 heterocycles. The summed E-state index contributed by atoms with van der Waals surface area (Å²) in [6, 6.07) is 8.38. The van der Waals surface area contributed by atoms with Crippen LogP contribution in [0.2, 0.25) is 0 Å². The van der Waals surface area contributed by atoms with E-state index in [0.29, 0.717) is 25.4 Å². The van der Waals surface area contributed by atoms with Crippen LogP contribution in [0.4, 0.5) is 0 Å². The van der Waals surface area contributed by atoms with Gasteiger partial charge in [0.15, 0.2) is 0 Å². The van der Waals surface area contributed by atoms with Crippen LogP contribution < -0.4 is 0 Å². The number of carbonyl (C=O) groups is 2. The fraction of sp³-hybridized carbons (Fsp3) is 0.576. The highest BCUT2D eigenvalue weighted by Crippen LogP contribution is 2.28. The van der Waals surface area contributed by atoms with Gasteiger partial charge in [0.05, 0.1) is 6.61 Å². The number of benzene rings is 1. The molecule has 6 heteroatoms. The van der Waals surface area contributed by atoms with Gasteiger partial charge in [0, 0.05) is 26.4 Å². The topological polar surface area (TPSA) is 82.1 Å². The Labute approximate surface area is 235 Å². The van der Waals surface area contributed by atoms with Gasteiger partial charge in [-0.15, -0.1) is 0 Å². The summed E-state index contributed by atoms with van der Waals surface area (Å²) in [6.45, 7) is 11.7. The summed E-state index contributed by atoms with van der Waals surface area (Å²) in [6.07, 6.45) is 11.8. The van der Waals surface area contributed by atoms with Crippen molar-refractivity contribution in [3.05, 3.63) is 71.3 Å². The van der Waals surface area contributed by atoms with Gasteiger partial charge in [0.1, 0.15) is 17.8 Å². The number of allylic oxidation sites excluding steroid dienone is 3. The predicted molar refractivity (Wildman–Crippen MR) is 155 cm³/mol. The summed E-state index contributed by atoms with van der Waals surface area (Å²) in [5.41, 5.74) is 2.23. The molecule has 6 nitrogen and oxygen atoms in total. The molecule has 0 aromatic heterocycles. The minimum absolute atomic E-state index is 0.0281. The van der Waals surface area contributed by atoms with Crippen LogP contribution in [-0.4, -0.2) is 42.0 Å². The molecule has 0 radical (unpaired) electrons. The molecule has 216 valence electrons.